The van der Waals surface area contributed by atoms with E-state index in [1.165, 1.54) is 17.2 Å². The molecular formula is C25H29N9O. The number of anilines is 2. The molecule has 3 heterocycles. The van der Waals surface area contributed by atoms with Crippen LogP contribution < -0.4 is 27.3 Å². The minimum Gasteiger partial charge on any atom is -0.385 e. The first-order chi connectivity index (χ1) is 16.9. The minimum absolute atomic E-state index is 0.0306. The van der Waals surface area contributed by atoms with Crippen molar-refractivity contribution in [2.75, 3.05) is 17.3 Å². The maximum Gasteiger partial charge on any atom is 0.228 e. The number of hydrogen-bond acceptors (Lipinski definition) is 8. The third-order valence-electron chi connectivity index (χ3n) is 5.99. The summed E-state index contributed by atoms with van der Waals surface area (Å²) in [7, 11) is 1.77. The molecule has 0 bridgehead atoms. The number of hydrogen-bond donors (Lipinski definition) is 4. The highest BCUT2D eigenvalue weighted by atomic mass is 16.2. The number of carbonyl (C=O) groups excluding carboxylic acids is 1. The van der Waals surface area contributed by atoms with Gasteiger partial charge in [0.2, 0.25) is 11.9 Å². The molecular weight excluding hydrogens is 442 g/mol. The van der Waals surface area contributed by atoms with E-state index in [9.17, 15) is 4.79 Å². The SMILES string of the molecule is Cc1ccc(CC2CC(=O)N(C)c3cc(-c4ccnc(N/C(N)=C/C=N)n4)c/c(=N/N)n3C2)cc1. The summed E-state index contributed by atoms with van der Waals surface area (Å²) in [5.41, 5.74) is 10.1. The predicted octanol–water partition coefficient (Wildman–Crippen LogP) is 2.11. The Morgan fingerprint density at radius 3 is 2.77 bits per heavy atom. The first kappa shape index (κ1) is 23.7. The van der Waals surface area contributed by atoms with Crippen molar-refractivity contribution in [1.29, 1.82) is 5.41 Å². The molecule has 1 amide bonds. The van der Waals surface area contributed by atoms with Gasteiger partial charge in [0.1, 0.15) is 11.6 Å². The fourth-order valence-corrected chi connectivity index (χ4v) is 4.18. The number of aryl methyl sites for hydroxylation is 1. The van der Waals surface area contributed by atoms with Gasteiger partial charge in [-0.3, -0.25) is 4.79 Å². The molecule has 0 radical (unpaired) electrons. The van der Waals surface area contributed by atoms with Crippen LogP contribution in [0.15, 0.2) is 65.7 Å². The van der Waals surface area contributed by atoms with Crippen LogP contribution in [0, 0.1) is 18.3 Å². The molecule has 4 rings (SSSR count). The zero-order valence-corrected chi connectivity index (χ0v) is 19.8. The highest BCUT2D eigenvalue weighted by molar-refractivity contribution is 5.93. The summed E-state index contributed by atoms with van der Waals surface area (Å²) in [4.78, 5) is 23.4. The van der Waals surface area contributed by atoms with Crippen LogP contribution in [0.25, 0.3) is 11.3 Å². The van der Waals surface area contributed by atoms with Gasteiger partial charge in [0.25, 0.3) is 0 Å². The number of allylic oxidation sites excluding steroid dienone is 1. The molecule has 1 atom stereocenters. The summed E-state index contributed by atoms with van der Waals surface area (Å²) >= 11 is 0. The second-order valence-corrected chi connectivity index (χ2v) is 8.59. The van der Waals surface area contributed by atoms with Crippen LogP contribution in [0.5, 0.6) is 0 Å². The van der Waals surface area contributed by atoms with E-state index in [-0.39, 0.29) is 23.6 Å². The molecule has 3 aromatic rings. The number of aromatic nitrogens is 3. The van der Waals surface area contributed by atoms with Crippen molar-refractivity contribution in [2.45, 2.75) is 26.3 Å². The van der Waals surface area contributed by atoms with Gasteiger partial charge in [-0.15, -0.1) is 0 Å². The molecule has 2 aromatic heterocycles. The van der Waals surface area contributed by atoms with E-state index in [4.69, 9.17) is 17.0 Å². The molecule has 0 spiro atoms. The molecule has 35 heavy (non-hydrogen) atoms. The first-order valence-electron chi connectivity index (χ1n) is 11.3. The van der Waals surface area contributed by atoms with Crippen molar-refractivity contribution in [3.8, 4) is 11.3 Å². The monoisotopic (exact) mass is 471 g/mol. The lowest BCUT2D eigenvalue weighted by Crippen LogP contribution is -2.31. The normalized spacial score (nSPS) is 16.6. The van der Waals surface area contributed by atoms with Gasteiger partial charge < -0.3 is 31.8 Å². The summed E-state index contributed by atoms with van der Waals surface area (Å²) in [6, 6.07) is 13.9. The standard InChI is InChI=1S/C25H29N9O/c1-16-3-5-17(6-4-16)11-18-12-24(35)33(2)23-14-19(13-22(32-28)34(23)15-18)20-8-10-29-25(30-20)31-21(27)7-9-26/h3-10,13-14,18,26H,11-12,15,27-28H2,1-2H3,(H,29,30,31)/b21-7+,26-9?,32-22-. The zero-order chi connectivity index (χ0) is 24.9. The second kappa shape index (κ2) is 10.2. The van der Waals surface area contributed by atoms with Gasteiger partial charge in [0.15, 0.2) is 5.49 Å². The lowest BCUT2D eigenvalue weighted by atomic mass is 9.95. The van der Waals surface area contributed by atoms with Crippen LogP contribution in [0.3, 0.4) is 0 Å². The van der Waals surface area contributed by atoms with E-state index < -0.39 is 0 Å². The number of nitrogens with two attached hydrogens (primary N) is 2. The Balaban J connectivity index is 1.71. The summed E-state index contributed by atoms with van der Waals surface area (Å²) in [5.74, 6) is 7.17. The van der Waals surface area contributed by atoms with Crippen molar-refractivity contribution in [3.05, 3.63) is 77.2 Å². The average Bonchev–Trinajstić information content (AvgIpc) is 2.96. The largest absolute Gasteiger partial charge is 0.385 e. The first-order valence-corrected chi connectivity index (χ1v) is 11.3. The van der Waals surface area contributed by atoms with Crippen LogP contribution in [0.2, 0.25) is 0 Å². The fraction of sp³-hybridized carbons (Fsp3) is 0.240. The molecule has 10 nitrogen and oxygen atoms in total. The second-order valence-electron chi connectivity index (χ2n) is 8.59. The number of fused-ring (bicyclic) bond motifs is 1. The number of pyridine rings is 1. The van der Waals surface area contributed by atoms with Gasteiger partial charge in [-0.05, 0) is 49.1 Å². The molecule has 1 unspecified atom stereocenters. The molecule has 1 aromatic carbocycles. The summed E-state index contributed by atoms with van der Waals surface area (Å²) < 4.78 is 1.98. The lowest BCUT2D eigenvalue weighted by Gasteiger charge is -2.20. The Labute approximate surface area is 203 Å². The molecule has 6 N–H and O–H groups in total. The van der Waals surface area contributed by atoms with Crippen LogP contribution in [-0.4, -0.2) is 33.7 Å². The Bertz CT molecular complexity index is 1340. The smallest absolute Gasteiger partial charge is 0.228 e. The Kier molecular flexibility index (Phi) is 6.91. The summed E-state index contributed by atoms with van der Waals surface area (Å²) in [5, 5.41) is 14.0. The van der Waals surface area contributed by atoms with E-state index in [0.29, 0.717) is 30.0 Å². The van der Waals surface area contributed by atoms with Gasteiger partial charge in [-0.2, -0.15) is 5.10 Å². The molecule has 0 aliphatic carbocycles. The third-order valence-corrected chi connectivity index (χ3v) is 5.99. The highest BCUT2D eigenvalue weighted by Gasteiger charge is 2.26. The van der Waals surface area contributed by atoms with Crippen LogP contribution in [0.4, 0.5) is 11.8 Å². The number of amides is 1. The minimum atomic E-state index is 0.0306. The van der Waals surface area contributed by atoms with Gasteiger partial charge >= 0.3 is 0 Å². The van der Waals surface area contributed by atoms with Gasteiger partial charge in [-0.25, -0.2) is 9.97 Å². The topological polar surface area (TPSA) is 151 Å². The molecule has 0 fully saturated rings. The van der Waals surface area contributed by atoms with E-state index in [1.54, 1.807) is 24.2 Å². The number of nitrogens with one attached hydrogen (secondary N) is 2. The van der Waals surface area contributed by atoms with Gasteiger partial charge in [0, 0.05) is 38.0 Å². The number of carbonyl (C=O) groups is 1. The quantitative estimate of drug-likeness (QED) is 0.246. The third kappa shape index (κ3) is 5.37. The molecule has 0 saturated heterocycles. The van der Waals surface area contributed by atoms with Gasteiger partial charge in [0.05, 0.1) is 5.69 Å². The molecule has 180 valence electrons. The van der Waals surface area contributed by atoms with Crippen LogP contribution in [-0.2, 0) is 17.8 Å². The van der Waals surface area contributed by atoms with Crippen molar-refractivity contribution in [1.82, 2.24) is 14.5 Å². The van der Waals surface area contributed by atoms with E-state index >= 15 is 0 Å². The molecule has 1 aliphatic heterocycles. The average molecular weight is 472 g/mol. The lowest BCUT2D eigenvalue weighted by molar-refractivity contribution is -0.119. The number of benzene rings is 1. The van der Waals surface area contributed by atoms with Crippen molar-refractivity contribution < 1.29 is 4.79 Å². The highest BCUT2D eigenvalue weighted by Crippen LogP contribution is 2.28. The Morgan fingerprint density at radius 2 is 2.06 bits per heavy atom. The van der Waals surface area contributed by atoms with E-state index in [0.717, 1.165) is 18.2 Å². The van der Waals surface area contributed by atoms with Gasteiger partial charge in [-0.1, -0.05) is 29.8 Å². The summed E-state index contributed by atoms with van der Waals surface area (Å²) in [6.07, 6.45) is 5.28. The fourth-order valence-electron chi connectivity index (χ4n) is 4.18. The van der Waals surface area contributed by atoms with Crippen LogP contribution >= 0.6 is 0 Å². The molecule has 1 aliphatic rings. The van der Waals surface area contributed by atoms with E-state index in [1.807, 2.05) is 16.7 Å². The molecule has 0 saturated carbocycles. The number of nitrogens with zero attached hydrogens (tertiary/aromatic N) is 5. The maximum atomic E-state index is 13.1. The Hall–Kier alpha value is -4.47. The van der Waals surface area contributed by atoms with E-state index in [2.05, 4.69) is 51.6 Å². The Morgan fingerprint density at radius 1 is 1.29 bits per heavy atom. The van der Waals surface area contributed by atoms with Crippen molar-refractivity contribution >= 4 is 23.9 Å². The number of rotatable bonds is 6. The van der Waals surface area contributed by atoms with Crippen LogP contribution in [0.1, 0.15) is 17.5 Å². The van der Waals surface area contributed by atoms with Crippen molar-refractivity contribution in [2.24, 2.45) is 22.6 Å². The molecule has 10 heteroatoms. The zero-order valence-electron chi connectivity index (χ0n) is 19.8. The maximum absolute atomic E-state index is 13.1. The predicted molar refractivity (Wildman–Crippen MR) is 136 cm³/mol. The van der Waals surface area contributed by atoms with Crippen molar-refractivity contribution in [3.63, 3.8) is 0 Å². The summed E-state index contributed by atoms with van der Waals surface area (Å²) in [6.45, 7) is 2.67.